The van der Waals surface area contributed by atoms with E-state index in [1.807, 2.05) is 11.9 Å². The maximum atomic E-state index is 11.6. The van der Waals surface area contributed by atoms with E-state index in [0.29, 0.717) is 12.1 Å². The first-order valence-electron chi connectivity index (χ1n) is 8.10. The van der Waals surface area contributed by atoms with Gasteiger partial charge in [-0.15, -0.1) is 0 Å². The number of carboxylic acids is 1. The van der Waals surface area contributed by atoms with Gasteiger partial charge < -0.3 is 14.9 Å². The van der Waals surface area contributed by atoms with E-state index in [2.05, 4.69) is 4.90 Å². The molecule has 23 heavy (non-hydrogen) atoms. The van der Waals surface area contributed by atoms with Gasteiger partial charge in [0.1, 0.15) is 11.8 Å². The standard InChI is InChI=1S/C17H26N2O4/c1-18(7-2-3-8-19-9-11-23-12-10-19)16(17(21)22)14-5-4-6-15(20)13-14/h4-6,13,16,20H,2-3,7-12H2,1H3,(H,21,22)/t16-/m0/s1. The minimum atomic E-state index is -0.897. The van der Waals surface area contributed by atoms with E-state index in [4.69, 9.17) is 4.74 Å². The van der Waals surface area contributed by atoms with Gasteiger partial charge in [0.15, 0.2) is 0 Å². The van der Waals surface area contributed by atoms with Gasteiger partial charge in [-0.1, -0.05) is 12.1 Å². The fourth-order valence-corrected chi connectivity index (χ4v) is 2.93. The van der Waals surface area contributed by atoms with Crippen molar-refractivity contribution >= 4 is 5.97 Å². The van der Waals surface area contributed by atoms with Gasteiger partial charge in [0.25, 0.3) is 0 Å². The Morgan fingerprint density at radius 3 is 2.74 bits per heavy atom. The third-order valence-corrected chi connectivity index (χ3v) is 4.20. The zero-order chi connectivity index (χ0) is 16.7. The highest BCUT2D eigenvalue weighted by Crippen LogP contribution is 2.23. The molecule has 0 amide bonds. The van der Waals surface area contributed by atoms with Crippen LogP contribution in [-0.4, -0.2) is 72.4 Å². The Hall–Kier alpha value is -1.63. The van der Waals surface area contributed by atoms with Gasteiger partial charge in [-0.05, 0) is 50.7 Å². The topological polar surface area (TPSA) is 73.2 Å². The molecule has 0 bridgehead atoms. The molecule has 0 aliphatic carbocycles. The summed E-state index contributed by atoms with van der Waals surface area (Å²) in [5.41, 5.74) is 0.605. The lowest BCUT2D eigenvalue weighted by molar-refractivity contribution is -0.143. The first kappa shape index (κ1) is 17.7. The Bertz CT molecular complexity index is 503. The van der Waals surface area contributed by atoms with E-state index < -0.39 is 12.0 Å². The first-order valence-corrected chi connectivity index (χ1v) is 8.10. The molecule has 0 aromatic heterocycles. The lowest BCUT2D eigenvalue weighted by Crippen LogP contribution is -2.37. The highest BCUT2D eigenvalue weighted by molar-refractivity contribution is 5.75. The number of morpholine rings is 1. The lowest BCUT2D eigenvalue weighted by atomic mass is 10.1. The second-order valence-corrected chi connectivity index (χ2v) is 5.98. The van der Waals surface area contributed by atoms with Gasteiger partial charge in [-0.2, -0.15) is 0 Å². The summed E-state index contributed by atoms with van der Waals surface area (Å²) in [6.45, 7) is 5.31. The molecule has 1 atom stereocenters. The van der Waals surface area contributed by atoms with Crippen molar-refractivity contribution in [1.29, 1.82) is 0 Å². The van der Waals surface area contributed by atoms with Crippen LogP contribution in [0.4, 0.5) is 0 Å². The number of aliphatic carboxylic acids is 1. The Morgan fingerprint density at radius 1 is 1.35 bits per heavy atom. The van der Waals surface area contributed by atoms with Gasteiger partial charge >= 0.3 is 5.97 Å². The number of phenolic OH excluding ortho intramolecular Hbond substituents is 1. The molecule has 1 aliphatic heterocycles. The van der Waals surface area contributed by atoms with Gasteiger partial charge in [0.2, 0.25) is 0 Å². The van der Waals surface area contributed by atoms with Gasteiger partial charge in [0.05, 0.1) is 13.2 Å². The maximum Gasteiger partial charge on any atom is 0.325 e. The molecule has 0 spiro atoms. The predicted molar refractivity (Wildman–Crippen MR) is 87.6 cm³/mol. The van der Waals surface area contributed by atoms with Crippen LogP contribution in [0.15, 0.2) is 24.3 Å². The summed E-state index contributed by atoms with van der Waals surface area (Å²) >= 11 is 0. The van der Waals surface area contributed by atoms with E-state index in [-0.39, 0.29) is 5.75 Å². The Kier molecular flexibility index (Phi) is 6.83. The number of ether oxygens (including phenoxy) is 1. The summed E-state index contributed by atoms with van der Waals surface area (Å²) in [7, 11) is 1.82. The van der Waals surface area contributed by atoms with Crippen molar-refractivity contribution in [3.63, 3.8) is 0 Å². The van der Waals surface area contributed by atoms with Gasteiger partial charge in [-0.25, -0.2) is 0 Å². The van der Waals surface area contributed by atoms with Crippen LogP contribution in [0.5, 0.6) is 5.75 Å². The average molecular weight is 322 g/mol. The van der Waals surface area contributed by atoms with Crippen LogP contribution in [0, 0.1) is 0 Å². The largest absolute Gasteiger partial charge is 0.508 e. The molecule has 1 aliphatic rings. The number of phenols is 1. The van der Waals surface area contributed by atoms with Crippen LogP contribution in [0.1, 0.15) is 24.4 Å². The van der Waals surface area contributed by atoms with Crippen molar-refractivity contribution in [3.8, 4) is 5.75 Å². The molecule has 1 aromatic rings. The van der Waals surface area contributed by atoms with Crippen molar-refractivity contribution in [2.24, 2.45) is 0 Å². The summed E-state index contributed by atoms with van der Waals surface area (Å²) in [5, 5.41) is 19.1. The molecule has 0 saturated carbocycles. The second kappa shape index (κ2) is 8.86. The SMILES string of the molecule is CN(CCCCN1CCOCC1)[C@H](C(=O)O)c1cccc(O)c1. The fourth-order valence-electron chi connectivity index (χ4n) is 2.93. The van der Waals surface area contributed by atoms with Crippen molar-refractivity contribution < 1.29 is 19.7 Å². The van der Waals surface area contributed by atoms with Crippen LogP contribution in [0.2, 0.25) is 0 Å². The van der Waals surface area contributed by atoms with Crippen LogP contribution < -0.4 is 0 Å². The Balaban J connectivity index is 1.81. The molecule has 2 rings (SSSR count). The minimum Gasteiger partial charge on any atom is -0.508 e. The maximum absolute atomic E-state index is 11.6. The highest BCUT2D eigenvalue weighted by atomic mass is 16.5. The summed E-state index contributed by atoms with van der Waals surface area (Å²) in [4.78, 5) is 15.8. The molecule has 2 N–H and O–H groups in total. The minimum absolute atomic E-state index is 0.0921. The molecule has 0 radical (unpaired) electrons. The number of nitrogens with zero attached hydrogens (tertiary/aromatic N) is 2. The number of rotatable bonds is 8. The van der Waals surface area contributed by atoms with E-state index in [9.17, 15) is 15.0 Å². The summed E-state index contributed by atoms with van der Waals surface area (Å²) < 4.78 is 5.33. The number of hydrogen-bond donors (Lipinski definition) is 2. The summed E-state index contributed by atoms with van der Waals surface area (Å²) in [5.74, 6) is -0.805. The molecule has 1 aromatic carbocycles. The molecule has 6 nitrogen and oxygen atoms in total. The van der Waals surface area contributed by atoms with Crippen molar-refractivity contribution in [3.05, 3.63) is 29.8 Å². The number of likely N-dealkylation sites (N-methyl/N-ethyl adjacent to an activating group) is 1. The van der Waals surface area contributed by atoms with E-state index >= 15 is 0 Å². The van der Waals surface area contributed by atoms with E-state index in [0.717, 1.165) is 45.7 Å². The van der Waals surface area contributed by atoms with Gasteiger partial charge in [-0.3, -0.25) is 14.6 Å². The smallest absolute Gasteiger partial charge is 0.325 e. The van der Waals surface area contributed by atoms with Crippen LogP contribution >= 0.6 is 0 Å². The zero-order valence-corrected chi connectivity index (χ0v) is 13.6. The number of carbonyl (C=O) groups is 1. The number of aromatic hydroxyl groups is 1. The van der Waals surface area contributed by atoms with E-state index in [1.165, 1.54) is 6.07 Å². The third-order valence-electron chi connectivity index (χ3n) is 4.20. The second-order valence-electron chi connectivity index (χ2n) is 5.98. The molecule has 0 unspecified atom stereocenters. The van der Waals surface area contributed by atoms with Crippen molar-refractivity contribution in [2.45, 2.75) is 18.9 Å². The van der Waals surface area contributed by atoms with Crippen LogP contribution in [-0.2, 0) is 9.53 Å². The molecular weight excluding hydrogens is 296 g/mol. The Labute approximate surface area is 137 Å². The molecule has 128 valence electrons. The predicted octanol–water partition coefficient (Wildman–Crippen LogP) is 1.56. The lowest BCUT2D eigenvalue weighted by Gasteiger charge is -2.28. The third kappa shape index (κ3) is 5.49. The first-order chi connectivity index (χ1) is 11.1. The number of carboxylic acid groups (broad SMARTS) is 1. The van der Waals surface area contributed by atoms with Crippen molar-refractivity contribution in [1.82, 2.24) is 9.80 Å². The molecule has 1 saturated heterocycles. The number of benzene rings is 1. The summed E-state index contributed by atoms with van der Waals surface area (Å²) in [6, 6.07) is 5.74. The molecule has 6 heteroatoms. The molecular formula is C17H26N2O4. The van der Waals surface area contributed by atoms with E-state index in [1.54, 1.807) is 18.2 Å². The normalized spacial score (nSPS) is 17.3. The number of hydrogen-bond acceptors (Lipinski definition) is 5. The van der Waals surface area contributed by atoms with Crippen LogP contribution in [0.3, 0.4) is 0 Å². The average Bonchev–Trinajstić information content (AvgIpc) is 2.52. The number of unbranched alkanes of at least 4 members (excludes halogenated alkanes) is 1. The zero-order valence-electron chi connectivity index (χ0n) is 13.6. The van der Waals surface area contributed by atoms with Gasteiger partial charge in [0, 0.05) is 13.1 Å². The Morgan fingerprint density at radius 2 is 2.09 bits per heavy atom. The highest BCUT2D eigenvalue weighted by Gasteiger charge is 2.24. The fraction of sp³-hybridized carbons (Fsp3) is 0.588. The van der Waals surface area contributed by atoms with Crippen molar-refractivity contribution in [2.75, 3.05) is 46.4 Å². The monoisotopic (exact) mass is 322 g/mol. The molecule has 1 heterocycles. The summed E-state index contributed by atoms with van der Waals surface area (Å²) in [6.07, 6.45) is 1.98. The van der Waals surface area contributed by atoms with Crippen LogP contribution in [0.25, 0.3) is 0 Å². The molecule has 1 fully saturated rings. The quantitative estimate of drug-likeness (QED) is 0.708.